The molecule has 0 spiro atoms. The minimum Gasteiger partial charge on any atom is -0.415 e. The van der Waals surface area contributed by atoms with Gasteiger partial charge in [-0.2, -0.15) is 8.42 Å². The van der Waals surface area contributed by atoms with Crippen LogP contribution in [0.1, 0.15) is 32.8 Å². The highest BCUT2D eigenvalue weighted by Gasteiger charge is 2.40. The molecule has 7 heteroatoms. The van der Waals surface area contributed by atoms with E-state index in [4.69, 9.17) is 8.61 Å². The van der Waals surface area contributed by atoms with Crippen molar-refractivity contribution in [3.05, 3.63) is 35.9 Å². The maximum Gasteiger partial charge on any atom is 0.264 e. The molecule has 1 heterocycles. The van der Waals surface area contributed by atoms with Crippen molar-refractivity contribution < 1.29 is 17.0 Å². The van der Waals surface area contributed by atoms with Crippen molar-refractivity contribution in [1.29, 1.82) is 0 Å². The average Bonchev–Trinajstić information content (AvgIpc) is 2.84. The maximum atomic E-state index is 11.5. The lowest BCUT2D eigenvalue weighted by molar-refractivity contribution is 0.155. The van der Waals surface area contributed by atoms with E-state index in [0.29, 0.717) is 19.6 Å². The quantitative estimate of drug-likeness (QED) is 0.518. The molecule has 0 aliphatic carbocycles. The van der Waals surface area contributed by atoms with Gasteiger partial charge in [0.2, 0.25) is 0 Å². The number of nitrogens with zero attached hydrogens (tertiary/aromatic N) is 1. The summed E-state index contributed by atoms with van der Waals surface area (Å²) >= 11 is 0. The van der Waals surface area contributed by atoms with Crippen molar-refractivity contribution >= 4 is 18.4 Å². The fraction of sp³-hybridized carbons (Fsp3) is 0.684. The van der Waals surface area contributed by atoms with Gasteiger partial charge in [-0.15, -0.1) is 0 Å². The van der Waals surface area contributed by atoms with Crippen LogP contribution in [0.25, 0.3) is 0 Å². The van der Waals surface area contributed by atoms with Crippen molar-refractivity contribution in [2.24, 2.45) is 0 Å². The first-order valence-corrected chi connectivity index (χ1v) is 13.9. The van der Waals surface area contributed by atoms with E-state index < -0.39 is 18.4 Å². The van der Waals surface area contributed by atoms with Crippen LogP contribution in [0, 0.1) is 0 Å². The van der Waals surface area contributed by atoms with E-state index >= 15 is 0 Å². The van der Waals surface area contributed by atoms with Crippen LogP contribution in [0.4, 0.5) is 0 Å². The van der Waals surface area contributed by atoms with Gasteiger partial charge in [-0.1, -0.05) is 51.1 Å². The summed E-state index contributed by atoms with van der Waals surface area (Å²) in [6.07, 6.45) is 1.49. The standard InChI is InChI=1S/C19H33NO4SSi/c1-19(2,3)26(5,6)23-15-17-12-18(24-25(4,21)22)14-20(17)13-16-10-8-7-9-11-16/h7-11,17-18H,12-15H2,1-6H3/t17-,18+/m0/s1. The van der Waals surface area contributed by atoms with Gasteiger partial charge in [0, 0.05) is 25.7 Å². The molecule has 1 fully saturated rings. The predicted molar refractivity (Wildman–Crippen MR) is 108 cm³/mol. The highest BCUT2D eigenvalue weighted by atomic mass is 32.2. The first kappa shape index (κ1) is 21.6. The van der Waals surface area contributed by atoms with Gasteiger partial charge in [-0.25, -0.2) is 0 Å². The number of hydrogen-bond acceptors (Lipinski definition) is 5. The second-order valence-corrected chi connectivity index (χ2v) is 15.2. The summed E-state index contributed by atoms with van der Waals surface area (Å²) in [5.41, 5.74) is 1.21. The Hall–Kier alpha value is -0.733. The molecule has 1 aliphatic heterocycles. The Morgan fingerprint density at radius 3 is 2.35 bits per heavy atom. The summed E-state index contributed by atoms with van der Waals surface area (Å²) in [5.74, 6) is 0. The van der Waals surface area contributed by atoms with Gasteiger partial charge in [0.25, 0.3) is 10.1 Å². The van der Waals surface area contributed by atoms with Crippen LogP contribution in [0.2, 0.25) is 18.1 Å². The predicted octanol–water partition coefficient (Wildman–Crippen LogP) is 3.63. The van der Waals surface area contributed by atoms with E-state index in [-0.39, 0.29) is 17.2 Å². The summed E-state index contributed by atoms with van der Waals surface area (Å²) in [6.45, 7) is 13.2. The van der Waals surface area contributed by atoms with Gasteiger partial charge < -0.3 is 4.43 Å². The zero-order chi connectivity index (χ0) is 19.6. The smallest absolute Gasteiger partial charge is 0.264 e. The Balaban J connectivity index is 2.08. The van der Waals surface area contributed by atoms with Crippen LogP contribution in [0.15, 0.2) is 30.3 Å². The van der Waals surface area contributed by atoms with Crippen molar-refractivity contribution in [3.8, 4) is 0 Å². The fourth-order valence-corrected chi connectivity index (χ4v) is 4.64. The minimum absolute atomic E-state index is 0.151. The van der Waals surface area contributed by atoms with Gasteiger partial charge in [0.15, 0.2) is 8.32 Å². The molecule has 0 aromatic heterocycles. The number of likely N-dealkylation sites (tertiary alicyclic amines) is 1. The molecule has 0 unspecified atom stereocenters. The Morgan fingerprint density at radius 1 is 1.19 bits per heavy atom. The Labute approximate surface area is 159 Å². The van der Waals surface area contributed by atoms with Crippen LogP contribution >= 0.6 is 0 Å². The third kappa shape index (κ3) is 6.16. The van der Waals surface area contributed by atoms with Gasteiger partial charge in [-0.3, -0.25) is 9.08 Å². The topological polar surface area (TPSA) is 55.8 Å². The van der Waals surface area contributed by atoms with Crippen molar-refractivity contribution in [1.82, 2.24) is 4.90 Å². The molecule has 2 rings (SSSR count). The van der Waals surface area contributed by atoms with Gasteiger partial charge in [-0.05, 0) is 30.1 Å². The normalized spacial score (nSPS) is 22.7. The van der Waals surface area contributed by atoms with Crippen LogP contribution in [-0.2, 0) is 25.3 Å². The SMILES string of the molecule is CC(C)(C)[Si](C)(C)OC[C@@H]1C[C@@H](OS(C)(=O)=O)CN1Cc1ccccc1. The molecule has 1 aromatic carbocycles. The third-order valence-corrected chi connectivity index (χ3v) is 10.6. The van der Waals surface area contributed by atoms with Crippen LogP contribution in [0.3, 0.4) is 0 Å². The number of benzene rings is 1. The van der Waals surface area contributed by atoms with Crippen molar-refractivity contribution in [3.63, 3.8) is 0 Å². The van der Waals surface area contributed by atoms with E-state index in [2.05, 4.69) is 50.9 Å². The van der Waals surface area contributed by atoms with E-state index in [0.717, 1.165) is 12.8 Å². The summed E-state index contributed by atoms with van der Waals surface area (Å²) in [4.78, 5) is 2.29. The zero-order valence-electron chi connectivity index (χ0n) is 16.9. The Morgan fingerprint density at radius 2 is 1.81 bits per heavy atom. The highest BCUT2D eigenvalue weighted by Crippen LogP contribution is 2.37. The van der Waals surface area contributed by atoms with Gasteiger partial charge >= 0.3 is 0 Å². The third-order valence-electron chi connectivity index (χ3n) is 5.47. The largest absolute Gasteiger partial charge is 0.415 e. The van der Waals surface area contributed by atoms with Crippen LogP contribution < -0.4 is 0 Å². The molecule has 0 saturated carbocycles. The lowest BCUT2D eigenvalue weighted by Gasteiger charge is -2.38. The van der Waals surface area contributed by atoms with E-state index in [9.17, 15) is 8.42 Å². The molecule has 1 aromatic rings. The number of rotatable bonds is 7. The van der Waals surface area contributed by atoms with Gasteiger partial charge in [0.05, 0.1) is 12.4 Å². The summed E-state index contributed by atoms with van der Waals surface area (Å²) in [6, 6.07) is 10.4. The summed E-state index contributed by atoms with van der Waals surface area (Å²) < 4.78 is 34.8. The molecular formula is C19H33NO4SSi. The lowest BCUT2D eigenvalue weighted by atomic mass is 10.2. The molecule has 2 atom stereocenters. The molecular weight excluding hydrogens is 366 g/mol. The number of hydrogen-bond donors (Lipinski definition) is 0. The average molecular weight is 400 g/mol. The second-order valence-electron chi connectivity index (χ2n) is 8.80. The fourth-order valence-electron chi connectivity index (χ4n) is 2.96. The second kappa shape index (κ2) is 8.10. The summed E-state index contributed by atoms with van der Waals surface area (Å²) in [5, 5.41) is 0.151. The zero-order valence-corrected chi connectivity index (χ0v) is 18.7. The Kier molecular flexibility index (Phi) is 6.72. The first-order valence-electron chi connectivity index (χ1n) is 9.17. The van der Waals surface area contributed by atoms with Crippen LogP contribution in [0.5, 0.6) is 0 Å². The first-order chi connectivity index (χ1) is 11.9. The molecule has 1 aliphatic rings. The molecule has 1 saturated heterocycles. The van der Waals surface area contributed by atoms with E-state index in [1.807, 2.05) is 18.2 Å². The molecule has 5 nitrogen and oxygen atoms in total. The van der Waals surface area contributed by atoms with Crippen molar-refractivity contribution in [2.45, 2.75) is 64.0 Å². The molecule has 0 bridgehead atoms. The molecule has 0 amide bonds. The molecule has 148 valence electrons. The van der Waals surface area contributed by atoms with E-state index in [1.54, 1.807) is 0 Å². The highest BCUT2D eigenvalue weighted by molar-refractivity contribution is 7.86. The Bertz CT molecular complexity index is 685. The molecule has 0 radical (unpaired) electrons. The molecule has 26 heavy (non-hydrogen) atoms. The van der Waals surface area contributed by atoms with E-state index in [1.165, 1.54) is 5.56 Å². The maximum absolute atomic E-state index is 11.5. The summed E-state index contributed by atoms with van der Waals surface area (Å²) in [7, 11) is -5.30. The van der Waals surface area contributed by atoms with Gasteiger partial charge in [0.1, 0.15) is 0 Å². The monoisotopic (exact) mass is 399 g/mol. The van der Waals surface area contributed by atoms with Crippen molar-refractivity contribution in [2.75, 3.05) is 19.4 Å². The van der Waals surface area contributed by atoms with Crippen LogP contribution in [-0.4, -0.2) is 53.2 Å². The lowest BCUT2D eigenvalue weighted by Crippen LogP contribution is -2.44. The minimum atomic E-state index is -3.45. The molecule has 0 N–H and O–H groups in total.